The number of likely N-dealkylation sites (tertiary alicyclic amines) is 1. The number of carbonyl (C=O) groups is 1. The number of amides is 1. The van der Waals surface area contributed by atoms with Crippen LogP contribution in [0.1, 0.15) is 24.8 Å². The molecule has 0 unspecified atom stereocenters. The summed E-state index contributed by atoms with van der Waals surface area (Å²) in [6.07, 6.45) is 2.42. The lowest BCUT2D eigenvalue weighted by Crippen LogP contribution is -2.39. The zero-order chi connectivity index (χ0) is 15.8. The number of rotatable bonds is 6. The smallest absolute Gasteiger partial charge is 0.410 e. The molecule has 0 bridgehead atoms. The Morgan fingerprint density at radius 2 is 1.82 bits per heavy atom. The second-order valence-electron chi connectivity index (χ2n) is 5.61. The monoisotopic (exact) mass is 307 g/mol. The van der Waals surface area contributed by atoms with Crippen LogP contribution in [0.25, 0.3) is 0 Å². The summed E-state index contributed by atoms with van der Waals surface area (Å²) in [4.78, 5) is 13.9. The van der Waals surface area contributed by atoms with Crippen molar-refractivity contribution in [1.29, 1.82) is 0 Å². The lowest BCUT2D eigenvalue weighted by Gasteiger charge is -2.32. The maximum absolute atomic E-state index is 12.1. The highest BCUT2D eigenvalue weighted by Crippen LogP contribution is 2.23. The van der Waals surface area contributed by atoms with Crippen LogP contribution in [0, 0.1) is 5.92 Å². The molecule has 2 rings (SSSR count). The fourth-order valence-corrected chi connectivity index (χ4v) is 2.72. The van der Waals surface area contributed by atoms with E-state index in [9.17, 15) is 4.79 Å². The number of ether oxygens (including phenoxy) is 3. The molecule has 1 aromatic rings. The fourth-order valence-electron chi connectivity index (χ4n) is 2.72. The molecule has 1 amide bonds. The van der Waals surface area contributed by atoms with Crippen molar-refractivity contribution in [2.45, 2.75) is 32.2 Å². The lowest BCUT2D eigenvalue weighted by atomic mass is 9.93. The predicted octanol–water partition coefficient (Wildman–Crippen LogP) is 3.04. The van der Waals surface area contributed by atoms with E-state index in [0.29, 0.717) is 12.5 Å². The Labute approximate surface area is 132 Å². The minimum absolute atomic E-state index is 0.151. The number of nitrogens with zero attached hydrogens (tertiary/aromatic N) is 1. The molecule has 5 nitrogen and oxygen atoms in total. The Morgan fingerprint density at radius 3 is 2.41 bits per heavy atom. The number of benzene rings is 1. The van der Waals surface area contributed by atoms with Crippen molar-refractivity contribution in [2.75, 3.05) is 27.3 Å². The fraction of sp³-hybridized carbons (Fsp3) is 0.588. The van der Waals surface area contributed by atoms with Gasteiger partial charge in [-0.2, -0.15) is 0 Å². The third-order valence-corrected chi connectivity index (χ3v) is 4.13. The Balaban J connectivity index is 1.71. The molecule has 1 aliphatic rings. The number of piperidine rings is 1. The van der Waals surface area contributed by atoms with Gasteiger partial charge in [0, 0.05) is 33.7 Å². The summed E-state index contributed by atoms with van der Waals surface area (Å²) in [5.41, 5.74) is 1.01. The molecule has 1 fully saturated rings. The highest BCUT2D eigenvalue weighted by atomic mass is 16.7. The van der Waals surface area contributed by atoms with Crippen molar-refractivity contribution >= 4 is 6.09 Å². The van der Waals surface area contributed by atoms with E-state index in [-0.39, 0.29) is 12.4 Å². The largest absolute Gasteiger partial charge is 0.445 e. The minimum atomic E-state index is -0.225. The van der Waals surface area contributed by atoms with Gasteiger partial charge in [0.2, 0.25) is 0 Å². The zero-order valence-corrected chi connectivity index (χ0v) is 13.4. The summed E-state index contributed by atoms with van der Waals surface area (Å²) in [6.45, 7) is 1.80. The molecular formula is C17H25NO4. The normalized spacial score (nSPS) is 16.0. The van der Waals surface area contributed by atoms with E-state index in [1.54, 1.807) is 19.1 Å². The summed E-state index contributed by atoms with van der Waals surface area (Å²) >= 11 is 0. The standard InChI is InChI=1S/C17H25NO4/c1-20-16(21-2)12-14-8-10-18(11-9-14)17(19)22-13-15-6-4-3-5-7-15/h3-7,14,16H,8-13H2,1-2H3. The average Bonchev–Trinajstić information content (AvgIpc) is 2.59. The first-order valence-electron chi connectivity index (χ1n) is 7.74. The second kappa shape index (κ2) is 8.76. The van der Waals surface area contributed by atoms with Crippen molar-refractivity contribution in [2.24, 2.45) is 5.92 Å². The maximum Gasteiger partial charge on any atom is 0.410 e. The van der Waals surface area contributed by atoms with Crippen molar-refractivity contribution in [3.05, 3.63) is 35.9 Å². The third-order valence-electron chi connectivity index (χ3n) is 4.13. The first-order valence-corrected chi connectivity index (χ1v) is 7.74. The molecule has 1 heterocycles. The van der Waals surface area contributed by atoms with Gasteiger partial charge in [-0.25, -0.2) is 4.79 Å². The maximum atomic E-state index is 12.1. The van der Waals surface area contributed by atoms with E-state index in [1.165, 1.54) is 0 Å². The molecule has 0 aromatic heterocycles. The molecule has 0 spiro atoms. The summed E-state index contributed by atoms with van der Waals surface area (Å²) in [5.74, 6) is 0.531. The molecule has 1 saturated heterocycles. The minimum Gasteiger partial charge on any atom is -0.445 e. The van der Waals surface area contributed by atoms with Crippen molar-refractivity contribution < 1.29 is 19.0 Å². The van der Waals surface area contributed by atoms with E-state index >= 15 is 0 Å². The molecule has 122 valence electrons. The Kier molecular flexibility index (Phi) is 6.68. The van der Waals surface area contributed by atoms with Gasteiger partial charge in [-0.15, -0.1) is 0 Å². The molecule has 1 aromatic carbocycles. The molecule has 0 N–H and O–H groups in total. The van der Waals surface area contributed by atoms with Gasteiger partial charge in [-0.3, -0.25) is 0 Å². The Hall–Kier alpha value is -1.59. The van der Waals surface area contributed by atoms with E-state index in [0.717, 1.165) is 37.9 Å². The van der Waals surface area contributed by atoms with Crippen LogP contribution in [0.4, 0.5) is 4.79 Å². The molecule has 0 saturated carbocycles. The summed E-state index contributed by atoms with van der Waals surface area (Å²) in [6, 6.07) is 9.74. The van der Waals surface area contributed by atoms with E-state index < -0.39 is 0 Å². The topological polar surface area (TPSA) is 48.0 Å². The Bertz CT molecular complexity index is 439. The van der Waals surface area contributed by atoms with Crippen LogP contribution >= 0.6 is 0 Å². The van der Waals surface area contributed by atoms with Crippen LogP contribution in [-0.4, -0.2) is 44.6 Å². The lowest BCUT2D eigenvalue weighted by molar-refractivity contribution is -0.116. The van der Waals surface area contributed by atoms with Crippen molar-refractivity contribution in [3.8, 4) is 0 Å². The third kappa shape index (κ3) is 5.00. The summed E-state index contributed by atoms with van der Waals surface area (Å²) in [5, 5.41) is 0. The Morgan fingerprint density at radius 1 is 1.18 bits per heavy atom. The number of hydrogen-bond donors (Lipinski definition) is 0. The molecule has 5 heteroatoms. The molecule has 0 atom stereocenters. The van der Waals surface area contributed by atoms with Crippen LogP contribution in [0.3, 0.4) is 0 Å². The second-order valence-corrected chi connectivity index (χ2v) is 5.61. The molecule has 0 aliphatic carbocycles. The first kappa shape index (κ1) is 16.8. The van der Waals surface area contributed by atoms with Crippen LogP contribution in [0.2, 0.25) is 0 Å². The highest BCUT2D eigenvalue weighted by Gasteiger charge is 2.25. The summed E-state index contributed by atoms with van der Waals surface area (Å²) in [7, 11) is 3.31. The highest BCUT2D eigenvalue weighted by molar-refractivity contribution is 5.67. The van der Waals surface area contributed by atoms with Crippen molar-refractivity contribution in [1.82, 2.24) is 4.90 Å². The summed E-state index contributed by atoms with van der Waals surface area (Å²) < 4.78 is 15.8. The van der Waals surface area contributed by atoms with Gasteiger partial charge in [-0.1, -0.05) is 30.3 Å². The van der Waals surface area contributed by atoms with E-state index in [1.807, 2.05) is 30.3 Å². The molecule has 22 heavy (non-hydrogen) atoms. The van der Waals surface area contributed by atoms with Gasteiger partial charge in [0.15, 0.2) is 6.29 Å². The molecule has 0 radical (unpaired) electrons. The van der Waals surface area contributed by atoms with Crippen LogP contribution in [0.15, 0.2) is 30.3 Å². The quantitative estimate of drug-likeness (QED) is 0.758. The van der Waals surface area contributed by atoms with Gasteiger partial charge in [0.25, 0.3) is 0 Å². The predicted molar refractivity (Wildman–Crippen MR) is 83.3 cm³/mol. The van der Waals surface area contributed by atoms with Gasteiger partial charge in [0.05, 0.1) is 0 Å². The van der Waals surface area contributed by atoms with E-state index in [2.05, 4.69) is 0 Å². The van der Waals surface area contributed by atoms with Crippen LogP contribution in [0.5, 0.6) is 0 Å². The first-order chi connectivity index (χ1) is 10.7. The van der Waals surface area contributed by atoms with Gasteiger partial charge >= 0.3 is 6.09 Å². The van der Waals surface area contributed by atoms with Gasteiger partial charge < -0.3 is 19.1 Å². The number of hydrogen-bond acceptors (Lipinski definition) is 4. The SMILES string of the molecule is COC(CC1CCN(C(=O)OCc2ccccc2)CC1)OC. The number of methoxy groups -OCH3 is 2. The van der Waals surface area contributed by atoms with Crippen LogP contribution in [-0.2, 0) is 20.8 Å². The van der Waals surface area contributed by atoms with Crippen LogP contribution < -0.4 is 0 Å². The van der Waals surface area contributed by atoms with Gasteiger partial charge in [0.1, 0.15) is 6.61 Å². The van der Waals surface area contributed by atoms with Crippen molar-refractivity contribution in [3.63, 3.8) is 0 Å². The van der Waals surface area contributed by atoms with Gasteiger partial charge in [-0.05, 0) is 24.3 Å². The number of carbonyl (C=O) groups excluding carboxylic acids is 1. The molecular weight excluding hydrogens is 282 g/mol. The van der Waals surface area contributed by atoms with E-state index in [4.69, 9.17) is 14.2 Å². The zero-order valence-electron chi connectivity index (χ0n) is 13.4. The molecule has 1 aliphatic heterocycles. The average molecular weight is 307 g/mol.